The fourth-order valence-electron chi connectivity index (χ4n) is 3.97. The lowest BCUT2D eigenvalue weighted by atomic mass is 9.93. The van der Waals surface area contributed by atoms with Crippen LogP contribution in [0.4, 0.5) is 16.3 Å². The molecular formula is C29H32N6O4. The molecule has 10 heteroatoms. The molecule has 202 valence electrons. The van der Waals surface area contributed by atoms with E-state index in [1.807, 2.05) is 61.8 Å². The number of amides is 2. The Balaban J connectivity index is 1.14. The van der Waals surface area contributed by atoms with Crippen LogP contribution < -0.4 is 15.4 Å². The third-order valence-corrected chi connectivity index (χ3v) is 6.17. The van der Waals surface area contributed by atoms with E-state index < -0.39 is 6.03 Å². The van der Waals surface area contributed by atoms with Crippen LogP contribution in [0.25, 0.3) is 5.65 Å². The van der Waals surface area contributed by atoms with Gasteiger partial charge in [0.1, 0.15) is 29.5 Å². The highest BCUT2D eigenvalue weighted by Gasteiger charge is 2.20. The first-order valence-corrected chi connectivity index (χ1v) is 12.9. The van der Waals surface area contributed by atoms with Gasteiger partial charge in [-0.15, -0.1) is 0 Å². The number of morpholine rings is 1. The second-order valence-electron chi connectivity index (χ2n) is 10.3. The lowest BCUT2D eigenvalue weighted by molar-refractivity contribution is 0.0322. The maximum atomic E-state index is 12.3. The predicted molar refractivity (Wildman–Crippen MR) is 148 cm³/mol. The molecule has 1 aromatic carbocycles. The summed E-state index contributed by atoms with van der Waals surface area (Å²) in [5.41, 5.74) is 2.70. The molecule has 1 fully saturated rings. The summed E-state index contributed by atoms with van der Waals surface area (Å²) in [7, 11) is 0. The van der Waals surface area contributed by atoms with Crippen molar-refractivity contribution in [2.24, 2.45) is 0 Å². The molecule has 1 aliphatic rings. The number of aromatic nitrogens is 3. The van der Waals surface area contributed by atoms with Crippen LogP contribution in [0, 0.1) is 11.8 Å². The summed E-state index contributed by atoms with van der Waals surface area (Å²) in [5.74, 6) is 8.07. The normalized spacial score (nSPS) is 14.0. The number of ether oxygens (including phenoxy) is 2. The molecule has 39 heavy (non-hydrogen) atoms. The van der Waals surface area contributed by atoms with Crippen LogP contribution in [-0.2, 0) is 10.2 Å². The number of fused-ring (bicyclic) bond motifs is 1. The summed E-state index contributed by atoms with van der Waals surface area (Å²) in [6, 6.07) is 12.4. The highest BCUT2D eigenvalue weighted by Crippen LogP contribution is 2.24. The number of anilines is 2. The summed E-state index contributed by atoms with van der Waals surface area (Å²) >= 11 is 0. The lowest BCUT2D eigenvalue weighted by Crippen LogP contribution is -2.38. The first kappa shape index (κ1) is 26.3. The largest absolute Gasteiger partial charge is 0.491 e. The van der Waals surface area contributed by atoms with Gasteiger partial charge in [0.05, 0.1) is 19.4 Å². The Hall–Kier alpha value is -4.33. The molecule has 4 heterocycles. The van der Waals surface area contributed by atoms with Gasteiger partial charge < -0.3 is 23.7 Å². The van der Waals surface area contributed by atoms with E-state index in [1.54, 1.807) is 18.2 Å². The molecule has 0 saturated carbocycles. The van der Waals surface area contributed by atoms with Crippen molar-refractivity contribution < 1.29 is 18.8 Å². The fourth-order valence-corrected chi connectivity index (χ4v) is 3.97. The molecule has 3 aromatic heterocycles. The standard InChI is InChI=1S/C29H32N6O4/c1-29(2,3)25-18-26(33-39-25)32-28(36)31-22-7-4-21(5-8-22)6-9-23-19-35-20-24(10-11-27(35)30-23)38-17-14-34-12-15-37-16-13-34/h4-5,7-8,10-11,18-20H,12-17H2,1-3H3,(H2,31,32,33,36). The molecule has 1 aliphatic heterocycles. The van der Waals surface area contributed by atoms with Gasteiger partial charge >= 0.3 is 6.03 Å². The van der Waals surface area contributed by atoms with Crippen molar-refractivity contribution in [1.29, 1.82) is 0 Å². The van der Waals surface area contributed by atoms with Gasteiger partial charge in [0.25, 0.3) is 0 Å². The summed E-state index contributed by atoms with van der Waals surface area (Å²) < 4.78 is 18.5. The molecule has 10 nitrogen and oxygen atoms in total. The van der Waals surface area contributed by atoms with Crippen molar-refractivity contribution in [1.82, 2.24) is 19.4 Å². The van der Waals surface area contributed by atoms with Gasteiger partial charge in [-0.1, -0.05) is 31.8 Å². The Labute approximate surface area is 227 Å². The number of rotatable bonds is 6. The summed E-state index contributed by atoms with van der Waals surface area (Å²) in [6.07, 6.45) is 3.80. The maximum absolute atomic E-state index is 12.3. The van der Waals surface area contributed by atoms with Gasteiger partial charge in [0.2, 0.25) is 0 Å². The van der Waals surface area contributed by atoms with Gasteiger partial charge in [-0.2, -0.15) is 0 Å². The predicted octanol–water partition coefficient (Wildman–Crippen LogP) is 4.37. The summed E-state index contributed by atoms with van der Waals surface area (Å²) in [6.45, 7) is 11.0. The van der Waals surface area contributed by atoms with Gasteiger partial charge in [-0.05, 0) is 42.3 Å². The summed E-state index contributed by atoms with van der Waals surface area (Å²) in [5, 5.41) is 9.35. The smallest absolute Gasteiger partial charge is 0.324 e. The molecule has 2 amide bonds. The second kappa shape index (κ2) is 11.6. The van der Waals surface area contributed by atoms with Crippen molar-refractivity contribution in [3.63, 3.8) is 0 Å². The first-order valence-electron chi connectivity index (χ1n) is 12.9. The zero-order valence-electron chi connectivity index (χ0n) is 22.4. The minimum absolute atomic E-state index is 0.190. The lowest BCUT2D eigenvalue weighted by Gasteiger charge is -2.26. The Morgan fingerprint density at radius 2 is 1.85 bits per heavy atom. The van der Waals surface area contributed by atoms with E-state index in [0.29, 0.717) is 29.6 Å². The Morgan fingerprint density at radius 3 is 2.59 bits per heavy atom. The van der Waals surface area contributed by atoms with Crippen molar-refractivity contribution in [3.05, 3.63) is 71.9 Å². The monoisotopic (exact) mass is 528 g/mol. The first-order chi connectivity index (χ1) is 18.8. The maximum Gasteiger partial charge on any atom is 0.324 e. The number of hydrogen-bond donors (Lipinski definition) is 2. The number of hydrogen-bond acceptors (Lipinski definition) is 7. The van der Waals surface area contributed by atoms with Crippen LogP contribution in [0.1, 0.15) is 37.8 Å². The highest BCUT2D eigenvalue weighted by atomic mass is 16.5. The van der Waals surface area contributed by atoms with Crippen LogP contribution in [0.5, 0.6) is 5.75 Å². The number of nitrogens with zero attached hydrogens (tertiary/aromatic N) is 4. The van der Waals surface area contributed by atoms with E-state index in [0.717, 1.165) is 49.8 Å². The highest BCUT2D eigenvalue weighted by molar-refractivity contribution is 5.99. The minimum atomic E-state index is -0.406. The van der Waals surface area contributed by atoms with Crippen molar-refractivity contribution >= 4 is 23.2 Å². The number of carbonyl (C=O) groups excluding carboxylic acids is 1. The van der Waals surface area contributed by atoms with Gasteiger partial charge in [-0.25, -0.2) is 9.78 Å². The average molecular weight is 529 g/mol. The number of imidazole rings is 1. The van der Waals surface area contributed by atoms with Gasteiger partial charge in [-0.3, -0.25) is 10.2 Å². The van der Waals surface area contributed by atoms with Gasteiger partial charge in [0, 0.05) is 48.6 Å². The van der Waals surface area contributed by atoms with E-state index in [4.69, 9.17) is 14.0 Å². The molecule has 0 bridgehead atoms. The summed E-state index contributed by atoms with van der Waals surface area (Å²) in [4.78, 5) is 19.2. The number of benzene rings is 1. The zero-order chi connectivity index (χ0) is 27.2. The molecule has 0 unspecified atom stereocenters. The van der Waals surface area contributed by atoms with Gasteiger partial charge in [0.15, 0.2) is 5.82 Å². The van der Waals surface area contributed by atoms with E-state index in [1.165, 1.54) is 0 Å². The molecular weight excluding hydrogens is 496 g/mol. The van der Waals surface area contributed by atoms with E-state index in [2.05, 4.69) is 37.5 Å². The molecule has 0 spiro atoms. The third-order valence-electron chi connectivity index (χ3n) is 6.17. The molecule has 5 rings (SSSR count). The van der Waals surface area contributed by atoms with Crippen LogP contribution >= 0.6 is 0 Å². The van der Waals surface area contributed by atoms with Crippen LogP contribution in [0.15, 0.2) is 59.4 Å². The molecule has 2 N–H and O–H groups in total. The van der Waals surface area contributed by atoms with Crippen molar-refractivity contribution in [2.75, 3.05) is 50.1 Å². The Morgan fingerprint density at radius 1 is 1.05 bits per heavy atom. The number of urea groups is 1. The topological polar surface area (TPSA) is 106 Å². The second-order valence-corrected chi connectivity index (χ2v) is 10.3. The molecule has 0 aliphatic carbocycles. The van der Waals surface area contributed by atoms with E-state index in [-0.39, 0.29) is 5.41 Å². The SMILES string of the molecule is CC(C)(C)c1cc(NC(=O)Nc2ccc(C#Cc3cn4cc(OCCN5CCOCC5)ccc4n3)cc2)no1. The van der Waals surface area contributed by atoms with Crippen LogP contribution in [0.3, 0.4) is 0 Å². The average Bonchev–Trinajstić information content (AvgIpc) is 3.55. The molecule has 1 saturated heterocycles. The minimum Gasteiger partial charge on any atom is -0.491 e. The van der Waals surface area contributed by atoms with Crippen molar-refractivity contribution in [3.8, 4) is 17.6 Å². The third kappa shape index (κ3) is 7.16. The van der Waals surface area contributed by atoms with E-state index in [9.17, 15) is 4.79 Å². The van der Waals surface area contributed by atoms with Crippen molar-refractivity contribution in [2.45, 2.75) is 26.2 Å². The molecule has 0 radical (unpaired) electrons. The zero-order valence-corrected chi connectivity index (χ0v) is 22.4. The number of carbonyl (C=O) groups is 1. The number of nitrogens with one attached hydrogen (secondary N) is 2. The van der Waals surface area contributed by atoms with Crippen LogP contribution in [0.2, 0.25) is 0 Å². The van der Waals surface area contributed by atoms with Crippen LogP contribution in [-0.4, -0.2) is 64.9 Å². The Bertz CT molecular complexity index is 1480. The quantitative estimate of drug-likeness (QED) is 0.358. The Kier molecular flexibility index (Phi) is 7.81. The van der Waals surface area contributed by atoms with E-state index >= 15 is 0 Å². The fraction of sp³-hybridized carbons (Fsp3) is 0.345. The number of pyridine rings is 1. The molecule has 4 aromatic rings. The molecule has 0 atom stereocenters.